The number of anilines is 1. The van der Waals surface area contributed by atoms with E-state index in [1.54, 1.807) is 0 Å². The minimum absolute atomic E-state index is 0.172. The molecule has 2 atom stereocenters. The highest BCUT2D eigenvalue weighted by Crippen LogP contribution is 2.39. The van der Waals surface area contributed by atoms with E-state index in [0.29, 0.717) is 37.9 Å². The Bertz CT molecular complexity index is 573. The first-order chi connectivity index (χ1) is 10.9. The molecule has 0 radical (unpaired) electrons. The minimum Gasteiger partial charge on any atom is -0.355 e. The first-order valence-electron chi connectivity index (χ1n) is 7.93. The summed E-state index contributed by atoms with van der Waals surface area (Å²) in [4.78, 5) is 20.1. The van der Waals surface area contributed by atoms with Crippen LogP contribution in [0.5, 0.6) is 0 Å². The Balaban J connectivity index is 1.62. The summed E-state index contributed by atoms with van der Waals surface area (Å²) in [6.45, 7) is 4.69. The summed E-state index contributed by atoms with van der Waals surface area (Å²) in [6, 6.07) is 2.46. The van der Waals surface area contributed by atoms with Crippen molar-refractivity contribution in [2.24, 2.45) is 11.8 Å². The second-order valence-electron chi connectivity index (χ2n) is 6.39. The molecular formula is C16H20F3N3O. The van der Waals surface area contributed by atoms with E-state index in [0.717, 1.165) is 25.1 Å². The average molecular weight is 327 g/mol. The molecule has 0 bridgehead atoms. The number of carbonyl (C=O) groups excluding carboxylic acids is 1. The maximum absolute atomic E-state index is 12.6. The zero-order chi connectivity index (χ0) is 16.6. The van der Waals surface area contributed by atoms with Gasteiger partial charge >= 0.3 is 6.18 Å². The molecule has 2 unspecified atom stereocenters. The first kappa shape index (κ1) is 16.1. The summed E-state index contributed by atoms with van der Waals surface area (Å²) in [7, 11) is 0. The Morgan fingerprint density at radius 2 is 1.96 bits per heavy atom. The quantitative estimate of drug-likeness (QED) is 0.838. The number of amides is 1. The predicted octanol–water partition coefficient (Wildman–Crippen LogP) is 2.80. The van der Waals surface area contributed by atoms with Crippen molar-refractivity contribution >= 4 is 11.7 Å². The van der Waals surface area contributed by atoms with Gasteiger partial charge in [-0.15, -0.1) is 0 Å². The molecule has 7 heteroatoms. The molecule has 1 saturated carbocycles. The summed E-state index contributed by atoms with van der Waals surface area (Å²) in [5, 5.41) is 0. The molecule has 1 aliphatic heterocycles. The van der Waals surface area contributed by atoms with Crippen LogP contribution in [0.2, 0.25) is 0 Å². The van der Waals surface area contributed by atoms with Crippen molar-refractivity contribution in [3.63, 3.8) is 0 Å². The van der Waals surface area contributed by atoms with Gasteiger partial charge in [-0.1, -0.05) is 6.92 Å². The first-order valence-corrected chi connectivity index (χ1v) is 7.93. The lowest BCUT2D eigenvalue weighted by atomic mass is 10.2. The van der Waals surface area contributed by atoms with E-state index < -0.39 is 11.7 Å². The molecule has 0 spiro atoms. The van der Waals surface area contributed by atoms with Crippen molar-refractivity contribution < 1.29 is 18.0 Å². The van der Waals surface area contributed by atoms with Crippen LogP contribution in [0, 0.1) is 11.8 Å². The zero-order valence-corrected chi connectivity index (χ0v) is 13.0. The van der Waals surface area contributed by atoms with Gasteiger partial charge in [0.1, 0.15) is 5.82 Å². The van der Waals surface area contributed by atoms with E-state index >= 15 is 0 Å². The van der Waals surface area contributed by atoms with E-state index in [1.807, 2.05) is 9.80 Å². The molecule has 2 fully saturated rings. The summed E-state index contributed by atoms with van der Waals surface area (Å²) >= 11 is 0. The van der Waals surface area contributed by atoms with Gasteiger partial charge in [-0.05, 0) is 30.9 Å². The smallest absolute Gasteiger partial charge is 0.355 e. The SMILES string of the molecule is CC1CC1C(=O)N1CCCN(c2ccc(C(F)(F)F)cn2)CC1. The molecular weight excluding hydrogens is 307 g/mol. The van der Waals surface area contributed by atoms with Crippen LogP contribution in [-0.4, -0.2) is 42.0 Å². The Labute approximate surface area is 133 Å². The zero-order valence-electron chi connectivity index (χ0n) is 13.0. The molecule has 0 aromatic carbocycles. The van der Waals surface area contributed by atoms with Gasteiger partial charge in [0.05, 0.1) is 5.56 Å². The number of hydrogen-bond acceptors (Lipinski definition) is 3. The maximum Gasteiger partial charge on any atom is 0.417 e. The lowest BCUT2D eigenvalue weighted by molar-refractivity contribution is -0.137. The summed E-state index contributed by atoms with van der Waals surface area (Å²) in [6.07, 6.45) is -1.72. The molecule has 3 rings (SSSR count). The van der Waals surface area contributed by atoms with E-state index in [2.05, 4.69) is 11.9 Å². The predicted molar refractivity (Wildman–Crippen MR) is 79.9 cm³/mol. The molecule has 1 saturated heterocycles. The van der Waals surface area contributed by atoms with Gasteiger partial charge in [0, 0.05) is 38.3 Å². The fourth-order valence-electron chi connectivity index (χ4n) is 3.01. The number of rotatable bonds is 2. The van der Waals surface area contributed by atoms with E-state index in [4.69, 9.17) is 0 Å². The largest absolute Gasteiger partial charge is 0.417 e. The van der Waals surface area contributed by atoms with Crippen LogP contribution in [-0.2, 0) is 11.0 Å². The number of carbonyl (C=O) groups is 1. The number of halogens is 3. The lowest BCUT2D eigenvalue weighted by Gasteiger charge is -2.23. The van der Waals surface area contributed by atoms with Gasteiger partial charge < -0.3 is 9.80 Å². The molecule has 0 N–H and O–H groups in total. The molecule has 1 amide bonds. The fraction of sp³-hybridized carbons (Fsp3) is 0.625. The monoisotopic (exact) mass is 327 g/mol. The van der Waals surface area contributed by atoms with E-state index in [-0.39, 0.29) is 11.8 Å². The van der Waals surface area contributed by atoms with Crippen molar-refractivity contribution in [1.82, 2.24) is 9.88 Å². The Morgan fingerprint density at radius 1 is 1.22 bits per heavy atom. The summed E-state index contributed by atoms with van der Waals surface area (Å²) in [5.41, 5.74) is -0.740. The molecule has 23 heavy (non-hydrogen) atoms. The Hall–Kier alpha value is -1.79. The number of aromatic nitrogens is 1. The van der Waals surface area contributed by atoms with Crippen LogP contribution in [0.15, 0.2) is 18.3 Å². The maximum atomic E-state index is 12.6. The van der Waals surface area contributed by atoms with Crippen LogP contribution in [0.1, 0.15) is 25.3 Å². The number of alkyl halides is 3. The molecule has 126 valence electrons. The van der Waals surface area contributed by atoms with Gasteiger partial charge in [-0.25, -0.2) is 4.98 Å². The van der Waals surface area contributed by atoms with Crippen LogP contribution in [0.4, 0.5) is 19.0 Å². The van der Waals surface area contributed by atoms with Crippen molar-refractivity contribution in [2.75, 3.05) is 31.1 Å². The Kier molecular flexibility index (Phi) is 4.21. The van der Waals surface area contributed by atoms with Gasteiger partial charge in [-0.2, -0.15) is 13.2 Å². The lowest BCUT2D eigenvalue weighted by Crippen LogP contribution is -2.36. The Morgan fingerprint density at radius 3 is 2.52 bits per heavy atom. The van der Waals surface area contributed by atoms with Crippen molar-refractivity contribution in [1.29, 1.82) is 0 Å². The van der Waals surface area contributed by atoms with Crippen LogP contribution in [0.25, 0.3) is 0 Å². The molecule has 2 aliphatic rings. The highest BCUT2D eigenvalue weighted by molar-refractivity contribution is 5.81. The van der Waals surface area contributed by atoms with E-state index in [9.17, 15) is 18.0 Å². The van der Waals surface area contributed by atoms with Gasteiger partial charge in [0.15, 0.2) is 0 Å². The fourth-order valence-corrected chi connectivity index (χ4v) is 3.01. The third-order valence-corrected chi connectivity index (χ3v) is 4.63. The van der Waals surface area contributed by atoms with Gasteiger partial charge in [0.25, 0.3) is 0 Å². The third kappa shape index (κ3) is 3.59. The third-order valence-electron chi connectivity index (χ3n) is 4.63. The minimum atomic E-state index is -4.37. The van der Waals surface area contributed by atoms with Crippen LogP contribution >= 0.6 is 0 Å². The number of nitrogens with zero attached hydrogens (tertiary/aromatic N) is 3. The second-order valence-corrected chi connectivity index (χ2v) is 6.39. The molecule has 1 aromatic rings. The van der Waals surface area contributed by atoms with Crippen molar-refractivity contribution in [3.05, 3.63) is 23.9 Å². The van der Waals surface area contributed by atoms with Gasteiger partial charge in [0.2, 0.25) is 5.91 Å². The standard InChI is InChI=1S/C16H20F3N3O/c1-11-9-13(11)15(23)22-6-2-5-21(7-8-22)14-4-3-12(10-20-14)16(17,18)19/h3-4,10-11,13H,2,5-9H2,1H3. The summed E-state index contributed by atoms with van der Waals surface area (Å²) < 4.78 is 37.7. The highest BCUT2D eigenvalue weighted by Gasteiger charge is 2.41. The highest BCUT2D eigenvalue weighted by atomic mass is 19.4. The number of pyridine rings is 1. The summed E-state index contributed by atoms with van der Waals surface area (Å²) in [5.74, 6) is 1.41. The van der Waals surface area contributed by atoms with E-state index in [1.165, 1.54) is 6.07 Å². The van der Waals surface area contributed by atoms with Crippen molar-refractivity contribution in [3.8, 4) is 0 Å². The van der Waals surface area contributed by atoms with Crippen LogP contribution < -0.4 is 4.90 Å². The molecule has 4 nitrogen and oxygen atoms in total. The molecule has 2 heterocycles. The second kappa shape index (κ2) is 6.02. The normalized spacial score (nSPS) is 25.2. The van der Waals surface area contributed by atoms with Crippen LogP contribution in [0.3, 0.4) is 0 Å². The molecule has 1 aliphatic carbocycles. The average Bonchev–Trinajstić information content (AvgIpc) is 3.27. The number of hydrogen-bond donors (Lipinski definition) is 0. The van der Waals surface area contributed by atoms with Crippen molar-refractivity contribution in [2.45, 2.75) is 25.9 Å². The molecule has 1 aromatic heterocycles. The topological polar surface area (TPSA) is 36.4 Å². The van der Waals surface area contributed by atoms with Gasteiger partial charge in [-0.3, -0.25) is 4.79 Å².